The zero-order valence-corrected chi connectivity index (χ0v) is 8.02. The first-order valence-corrected chi connectivity index (χ1v) is 4.40. The maximum Gasteiger partial charge on any atom is 0.312 e. The van der Waals surface area contributed by atoms with Gasteiger partial charge in [0.1, 0.15) is 0 Å². The van der Waals surface area contributed by atoms with Gasteiger partial charge in [0.05, 0.1) is 12.5 Å². The number of esters is 1. The van der Waals surface area contributed by atoms with E-state index in [9.17, 15) is 4.79 Å². The SMILES string of the molecule is COC(=O)C1(C)CCC(C)NC1. The lowest BCUT2D eigenvalue weighted by molar-refractivity contribution is -0.153. The minimum atomic E-state index is -0.304. The van der Waals surface area contributed by atoms with Gasteiger partial charge in [-0.3, -0.25) is 4.79 Å². The second-order valence-electron chi connectivity index (χ2n) is 3.87. The van der Waals surface area contributed by atoms with Crippen molar-refractivity contribution in [1.82, 2.24) is 5.32 Å². The van der Waals surface area contributed by atoms with Crippen LogP contribution >= 0.6 is 0 Å². The molecule has 1 aliphatic rings. The van der Waals surface area contributed by atoms with Crippen molar-refractivity contribution in [2.24, 2.45) is 5.41 Å². The Bertz CT molecular complexity index is 171. The van der Waals surface area contributed by atoms with Crippen molar-refractivity contribution in [2.75, 3.05) is 13.7 Å². The number of ether oxygens (including phenoxy) is 1. The van der Waals surface area contributed by atoms with Crippen molar-refractivity contribution in [3.63, 3.8) is 0 Å². The minimum absolute atomic E-state index is 0.0955. The molecule has 0 amide bonds. The Morgan fingerprint density at radius 1 is 1.67 bits per heavy atom. The van der Waals surface area contributed by atoms with E-state index in [4.69, 9.17) is 4.74 Å². The van der Waals surface area contributed by atoms with Crippen LogP contribution in [0, 0.1) is 5.41 Å². The fourth-order valence-electron chi connectivity index (χ4n) is 1.55. The third-order valence-electron chi connectivity index (χ3n) is 2.65. The number of piperidine rings is 1. The third-order valence-corrected chi connectivity index (χ3v) is 2.65. The summed E-state index contributed by atoms with van der Waals surface area (Å²) in [5.41, 5.74) is -0.304. The van der Waals surface area contributed by atoms with Crippen LogP contribution in [0.15, 0.2) is 0 Å². The zero-order valence-electron chi connectivity index (χ0n) is 8.02. The average molecular weight is 171 g/mol. The van der Waals surface area contributed by atoms with E-state index in [1.54, 1.807) is 0 Å². The summed E-state index contributed by atoms with van der Waals surface area (Å²) in [5, 5.41) is 3.29. The van der Waals surface area contributed by atoms with Gasteiger partial charge >= 0.3 is 5.97 Å². The van der Waals surface area contributed by atoms with Crippen molar-refractivity contribution in [3.05, 3.63) is 0 Å². The van der Waals surface area contributed by atoms with Gasteiger partial charge in [0.25, 0.3) is 0 Å². The lowest BCUT2D eigenvalue weighted by atomic mass is 9.81. The third kappa shape index (κ3) is 1.78. The maximum absolute atomic E-state index is 11.3. The molecule has 0 bridgehead atoms. The van der Waals surface area contributed by atoms with Crippen LogP contribution in [0.2, 0.25) is 0 Å². The Morgan fingerprint density at radius 2 is 2.33 bits per heavy atom. The second-order valence-corrected chi connectivity index (χ2v) is 3.87. The van der Waals surface area contributed by atoms with Crippen LogP contribution in [0.25, 0.3) is 0 Å². The Balaban J connectivity index is 2.55. The molecule has 0 aromatic heterocycles. The number of carbonyl (C=O) groups excluding carboxylic acids is 1. The van der Waals surface area contributed by atoms with Crippen LogP contribution in [0.5, 0.6) is 0 Å². The predicted octanol–water partition coefficient (Wildman–Crippen LogP) is 0.938. The van der Waals surface area contributed by atoms with Crippen molar-refractivity contribution >= 4 is 5.97 Å². The van der Waals surface area contributed by atoms with Crippen LogP contribution in [-0.4, -0.2) is 25.7 Å². The highest BCUT2D eigenvalue weighted by atomic mass is 16.5. The quantitative estimate of drug-likeness (QED) is 0.597. The second kappa shape index (κ2) is 3.44. The van der Waals surface area contributed by atoms with Gasteiger partial charge in [0.15, 0.2) is 0 Å². The topological polar surface area (TPSA) is 38.3 Å². The highest BCUT2D eigenvalue weighted by molar-refractivity contribution is 5.76. The van der Waals surface area contributed by atoms with E-state index < -0.39 is 0 Å². The molecule has 1 N–H and O–H groups in total. The summed E-state index contributed by atoms with van der Waals surface area (Å²) in [4.78, 5) is 11.3. The van der Waals surface area contributed by atoms with Crippen molar-refractivity contribution < 1.29 is 9.53 Å². The lowest BCUT2D eigenvalue weighted by Crippen LogP contribution is -2.47. The fraction of sp³-hybridized carbons (Fsp3) is 0.889. The molecule has 0 radical (unpaired) electrons. The molecule has 0 aromatic rings. The van der Waals surface area contributed by atoms with E-state index in [0.717, 1.165) is 19.4 Å². The molecule has 1 saturated heterocycles. The maximum atomic E-state index is 11.3. The van der Waals surface area contributed by atoms with Crippen LogP contribution in [0.3, 0.4) is 0 Å². The molecule has 12 heavy (non-hydrogen) atoms. The Morgan fingerprint density at radius 3 is 2.75 bits per heavy atom. The summed E-state index contributed by atoms with van der Waals surface area (Å²) in [7, 11) is 1.45. The molecular formula is C9H17NO2. The van der Waals surface area contributed by atoms with Crippen LogP contribution in [-0.2, 0) is 9.53 Å². The summed E-state index contributed by atoms with van der Waals surface area (Å²) in [6, 6.07) is 0.530. The highest BCUT2D eigenvalue weighted by Crippen LogP contribution is 2.28. The first-order valence-electron chi connectivity index (χ1n) is 4.40. The monoisotopic (exact) mass is 171 g/mol. The van der Waals surface area contributed by atoms with E-state index in [2.05, 4.69) is 12.2 Å². The molecule has 2 unspecified atom stereocenters. The molecule has 70 valence electrons. The van der Waals surface area contributed by atoms with Gasteiger partial charge in [-0.15, -0.1) is 0 Å². The van der Waals surface area contributed by atoms with E-state index >= 15 is 0 Å². The molecule has 0 saturated carbocycles. The predicted molar refractivity (Wildman–Crippen MR) is 46.8 cm³/mol. The Labute approximate surface area is 73.5 Å². The molecule has 0 aliphatic carbocycles. The summed E-state index contributed by atoms with van der Waals surface area (Å²) in [6.07, 6.45) is 1.97. The summed E-state index contributed by atoms with van der Waals surface area (Å²) < 4.78 is 4.75. The van der Waals surface area contributed by atoms with Gasteiger partial charge in [0.2, 0.25) is 0 Å². The number of hydrogen-bond acceptors (Lipinski definition) is 3. The highest BCUT2D eigenvalue weighted by Gasteiger charge is 2.37. The lowest BCUT2D eigenvalue weighted by Gasteiger charge is -2.34. The molecule has 2 atom stereocenters. The minimum Gasteiger partial charge on any atom is -0.469 e. The summed E-state index contributed by atoms with van der Waals surface area (Å²) >= 11 is 0. The Hall–Kier alpha value is -0.570. The normalized spacial score (nSPS) is 36.1. The van der Waals surface area contributed by atoms with Crippen LogP contribution in [0.4, 0.5) is 0 Å². The van der Waals surface area contributed by atoms with Crippen LogP contribution < -0.4 is 5.32 Å². The van der Waals surface area contributed by atoms with Crippen molar-refractivity contribution in [2.45, 2.75) is 32.7 Å². The molecule has 0 spiro atoms. The van der Waals surface area contributed by atoms with Crippen molar-refractivity contribution in [1.29, 1.82) is 0 Å². The number of carbonyl (C=O) groups is 1. The Kier molecular flexibility index (Phi) is 2.73. The zero-order chi connectivity index (χ0) is 9.19. The van der Waals surface area contributed by atoms with Crippen LogP contribution in [0.1, 0.15) is 26.7 Å². The molecule has 1 fully saturated rings. The number of methoxy groups -OCH3 is 1. The molecule has 1 aliphatic heterocycles. The van der Waals surface area contributed by atoms with E-state index in [1.165, 1.54) is 7.11 Å². The van der Waals surface area contributed by atoms with Gasteiger partial charge in [-0.2, -0.15) is 0 Å². The van der Waals surface area contributed by atoms with Gasteiger partial charge in [-0.1, -0.05) is 0 Å². The summed E-state index contributed by atoms with van der Waals surface area (Å²) in [5.74, 6) is -0.0955. The molecule has 3 nitrogen and oxygen atoms in total. The number of nitrogens with one attached hydrogen (secondary N) is 1. The number of rotatable bonds is 1. The van der Waals surface area contributed by atoms with E-state index in [1.807, 2.05) is 6.92 Å². The van der Waals surface area contributed by atoms with Crippen molar-refractivity contribution in [3.8, 4) is 0 Å². The van der Waals surface area contributed by atoms with E-state index in [-0.39, 0.29) is 11.4 Å². The molecule has 1 heterocycles. The molecule has 0 aromatic carbocycles. The number of hydrogen-bond donors (Lipinski definition) is 1. The fourth-order valence-corrected chi connectivity index (χ4v) is 1.55. The molecular weight excluding hydrogens is 154 g/mol. The average Bonchev–Trinajstić information content (AvgIpc) is 2.09. The summed E-state index contributed by atoms with van der Waals surface area (Å²) in [6.45, 7) is 4.83. The molecule has 3 heteroatoms. The van der Waals surface area contributed by atoms with Gasteiger partial charge in [-0.05, 0) is 26.7 Å². The van der Waals surface area contributed by atoms with Gasteiger partial charge in [-0.25, -0.2) is 0 Å². The largest absolute Gasteiger partial charge is 0.469 e. The molecule has 1 rings (SSSR count). The van der Waals surface area contributed by atoms with E-state index in [0.29, 0.717) is 6.04 Å². The van der Waals surface area contributed by atoms with Gasteiger partial charge < -0.3 is 10.1 Å². The van der Waals surface area contributed by atoms with Gasteiger partial charge in [0, 0.05) is 12.6 Å². The first-order chi connectivity index (χ1) is 5.58. The smallest absolute Gasteiger partial charge is 0.312 e. The first kappa shape index (κ1) is 9.52. The standard InChI is InChI=1S/C9H17NO2/c1-7-4-5-9(2,6-10-7)8(11)12-3/h7,10H,4-6H2,1-3H3.